The van der Waals surface area contributed by atoms with Crippen LogP contribution in [0.5, 0.6) is 0 Å². The number of Topliss-reactive ketones (excluding diaryl/α,β-unsaturated/α-hetero) is 1. The summed E-state index contributed by atoms with van der Waals surface area (Å²) < 4.78 is 19.2. The lowest BCUT2D eigenvalue weighted by Gasteiger charge is -2.10. The van der Waals surface area contributed by atoms with Crippen molar-refractivity contribution in [1.29, 1.82) is 0 Å². The van der Waals surface area contributed by atoms with Gasteiger partial charge in [0.15, 0.2) is 0 Å². The lowest BCUT2D eigenvalue weighted by molar-refractivity contribution is -0.132. The standard InChI is InChI=1S/C13H11Br2FO4/c1-3-20-5-7(13(18)19)12(17)10-6(2)11(16)9(15)4-8(10)14/h4-5H,3H2,1-2H3,(H,18,19)/b7-5-. The molecule has 0 spiro atoms. The van der Waals surface area contributed by atoms with Crippen molar-refractivity contribution in [3.05, 3.63) is 43.8 Å². The highest BCUT2D eigenvalue weighted by Gasteiger charge is 2.26. The highest BCUT2D eigenvalue weighted by Crippen LogP contribution is 2.30. The first-order chi connectivity index (χ1) is 9.31. The van der Waals surface area contributed by atoms with Gasteiger partial charge >= 0.3 is 5.97 Å². The first-order valence-corrected chi connectivity index (χ1v) is 7.13. The SMILES string of the molecule is CCO/C=C(\C(=O)O)C(=O)c1c(Br)cc(Br)c(F)c1C. The molecule has 1 aromatic rings. The summed E-state index contributed by atoms with van der Waals surface area (Å²) in [7, 11) is 0. The van der Waals surface area contributed by atoms with Crippen molar-refractivity contribution >= 4 is 43.6 Å². The summed E-state index contributed by atoms with van der Waals surface area (Å²) >= 11 is 6.16. The van der Waals surface area contributed by atoms with E-state index in [0.29, 0.717) is 4.47 Å². The molecule has 0 amide bonds. The first kappa shape index (κ1) is 16.8. The molecule has 1 rings (SSSR count). The fourth-order valence-electron chi connectivity index (χ4n) is 1.50. The van der Waals surface area contributed by atoms with Crippen molar-refractivity contribution in [2.75, 3.05) is 6.61 Å². The second-order valence-corrected chi connectivity index (χ2v) is 5.48. The lowest BCUT2D eigenvalue weighted by atomic mass is 9.99. The van der Waals surface area contributed by atoms with Crippen LogP contribution < -0.4 is 0 Å². The number of halogens is 3. The van der Waals surface area contributed by atoms with E-state index in [1.807, 2.05) is 0 Å². The average Bonchev–Trinajstić information content (AvgIpc) is 2.36. The summed E-state index contributed by atoms with van der Waals surface area (Å²) in [6, 6.07) is 1.36. The van der Waals surface area contributed by atoms with Gasteiger partial charge < -0.3 is 9.84 Å². The molecule has 1 N–H and O–H groups in total. The van der Waals surface area contributed by atoms with E-state index in [9.17, 15) is 14.0 Å². The topological polar surface area (TPSA) is 63.6 Å². The Hall–Kier alpha value is -1.21. The average molecular weight is 410 g/mol. The van der Waals surface area contributed by atoms with Crippen molar-refractivity contribution in [1.82, 2.24) is 0 Å². The van der Waals surface area contributed by atoms with Gasteiger partial charge in [-0.2, -0.15) is 0 Å². The minimum Gasteiger partial charge on any atom is -0.500 e. The van der Waals surface area contributed by atoms with Crippen molar-refractivity contribution in [2.45, 2.75) is 13.8 Å². The van der Waals surface area contributed by atoms with Crippen LogP contribution in [-0.2, 0) is 9.53 Å². The van der Waals surface area contributed by atoms with Gasteiger partial charge in [0, 0.05) is 10.0 Å². The number of aliphatic carboxylic acids is 1. The van der Waals surface area contributed by atoms with Gasteiger partial charge in [0.25, 0.3) is 0 Å². The van der Waals surface area contributed by atoms with E-state index in [1.165, 1.54) is 13.0 Å². The van der Waals surface area contributed by atoms with Crippen molar-refractivity contribution in [3.63, 3.8) is 0 Å². The highest BCUT2D eigenvalue weighted by molar-refractivity contribution is 9.11. The number of ether oxygens (including phenoxy) is 1. The van der Waals surface area contributed by atoms with Crippen molar-refractivity contribution < 1.29 is 23.8 Å². The summed E-state index contributed by atoms with van der Waals surface area (Å²) in [4.78, 5) is 23.4. The summed E-state index contributed by atoms with van der Waals surface area (Å²) in [5.74, 6) is -2.86. The monoisotopic (exact) mass is 408 g/mol. The van der Waals surface area contributed by atoms with E-state index in [4.69, 9.17) is 9.84 Å². The van der Waals surface area contributed by atoms with Crippen LogP contribution in [-0.4, -0.2) is 23.5 Å². The molecule has 0 unspecified atom stereocenters. The van der Waals surface area contributed by atoms with E-state index >= 15 is 0 Å². The molecule has 0 fully saturated rings. The zero-order chi connectivity index (χ0) is 15.4. The second kappa shape index (κ2) is 6.99. The van der Waals surface area contributed by atoms with E-state index in [-0.39, 0.29) is 22.2 Å². The van der Waals surface area contributed by atoms with Crippen LogP contribution in [0.4, 0.5) is 4.39 Å². The summed E-state index contributed by atoms with van der Waals surface area (Å²) in [6.07, 6.45) is 0.872. The molecule has 0 aromatic heterocycles. The Kier molecular flexibility index (Phi) is 5.88. The number of ketones is 1. The Morgan fingerprint density at radius 3 is 2.50 bits per heavy atom. The van der Waals surface area contributed by atoms with Crippen molar-refractivity contribution in [2.24, 2.45) is 0 Å². The van der Waals surface area contributed by atoms with E-state index in [1.54, 1.807) is 6.92 Å². The third kappa shape index (κ3) is 3.46. The van der Waals surface area contributed by atoms with Crippen LogP contribution in [0.15, 0.2) is 26.8 Å². The van der Waals surface area contributed by atoms with E-state index < -0.39 is 23.1 Å². The smallest absolute Gasteiger partial charge is 0.342 e. The fraction of sp³-hybridized carbons (Fsp3) is 0.231. The molecule has 20 heavy (non-hydrogen) atoms. The van der Waals surface area contributed by atoms with Crippen LogP contribution in [0, 0.1) is 12.7 Å². The second-order valence-electron chi connectivity index (χ2n) is 3.78. The number of benzene rings is 1. The Balaban J connectivity index is 3.40. The Morgan fingerprint density at radius 2 is 2.00 bits per heavy atom. The van der Waals surface area contributed by atoms with Crippen LogP contribution >= 0.6 is 31.9 Å². The van der Waals surface area contributed by atoms with Gasteiger partial charge in [0.2, 0.25) is 5.78 Å². The van der Waals surface area contributed by atoms with Gasteiger partial charge in [-0.3, -0.25) is 4.79 Å². The molecule has 0 bridgehead atoms. The maximum absolute atomic E-state index is 13.8. The van der Waals surface area contributed by atoms with Crippen LogP contribution in [0.25, 0.3) is 0 Å². The van der Waals surface area contributed by atoms with Gasteiger partial charge in [-0.05, 0) is 57.3 Å². The fourth-order valence-corrected chi connectivity index (χ4v) is 3.04. The zero-order valence-corrected chi connectivity index (χ0v) is 13.8. The van der Waals surface area contributed by atoms with Crippen LogP contribution in [0.1, 0.15) is 22.8 Å². The third-order valence-corrected chi connectivity index (χ3v) is 3.68. The molecular formula is C13H11Br2FO4. The largest absolute Gasteiger partial charge is 0.500 e. The van der Waals surface area contributed by atoms with Gasteiger partial charge in [0.1, 0.15) is 17.7 Å². The number of carboxylic acid groups (broad SMARTS) is 1. The van der Waals surface area contributed by atoms with Gasteiger partial charge in [-0.15, -0.1) is 0 Å². The molecule has 0 saturated heterocycles. The summed E-state index contributed by atoms with van der Waals surface area (Å²) in [5, 5.41) is 9.05. The predicted molar refractivity (Wildman–Crippen MR) is 78.2 cm³/mol. The van der Waals surface area contributed by atoms with Gasteiger partial charge in [-0.1, -0.05) is 0 Å². The molecule has 0 aliphatic carbocycles. The predicted octanol–water partition coefficient (Wildman–Crippen LogP) is 3.85. The normalized spacial score (nSPS) is 11.3. The number of carbonyl (C=O) groups is 2. The van der Waals surface area contributed by atoms with E-state index in [2.05, 4.69) is 31.9 Å². The van der Waals surface area contributed by atoms with Crippen LogP contribution in [0.3, 0.4) is 0 Å². The highest BCUT2D eigenvalue weighted by atomic mass is 79.9. The summed E-state index contributed by atoms with van der Waals surface area (Å²) in [5.41, 5.74) is -0.545. The summed E-state index contributed by atoms with van der Waals surface area (Å²) in [6.45, 7) is 3.28. The minimum atomic E-state index is -1.43. The van der Waals surface area contributed by atoms with Gasteiger partial charge in [-0.25, -0.2) is 9.18 Å². The van der Waals surface area contributed by atoms with Crippen LogP contribution in [0.2, 0.25) is 0 Å². The Labute approximate surface area is 131 Å². The maximum Gasteiger partial charge on any atom is 0.342 e. The molecule has 0 saturated carbocycles. The molecule has 1 aromatic carbocycles. The molecule has 0 atom stereocenters. The van der Waals surface area contributed by atoms with Crippen molar-refractivity contribution in [3.8, 4) is 0 Å². The Morgan fingerprint density at radius 1 is 1.40 bits per heavy atom. The minimum absolute atomic E-state index is 0.0425. The quantitative estimate of drug-likeness (QED) is 0.200. The molecule has 4 nitrogen and oxygen atoms in total. The maximum atomic E-state index is 13.8. The third-order valence-electron chi connectivity index (χ3n) is 2.48. The molecule has 0 aliphatic heterocycles. The number of carboxylic acids is 1. The Bertz CT molecular complexity index is 597. The number of rotatable bonds is 5. The number of hydrogen-bond donors (Lipinski definition) is 1. The molecular weight excluding hydrogens is 399 g/mol. The zero-order valence-electron chi connectivity index (χ0n) is 10.7. The molecule has 0 aliphatic rings. The molecule has 7 heteroatoms. The van der Waals surface area contributed by atoms with Gasteiger partial charge in [0.05, 0.1) is 11.1 Å². The number of hydrogen-bond acceptors (Lipinski definition) is 3. The first-order valence-electron chi connectivity index (χ1n) is 5.55. The van der Waals surface area contributed by atoms with E-state index in [0.717, 1.165) is 6.26 Å². The lowest BCUT2D eigenvalue weighted by Crippen LogP contribution is -2.16. The molecule has 0 heterocycles. The molecule has 108 valence electrons. The molecule has 0 radical (unpaired) electrons. The number of carbonyl (C=O) groups excluding carboxylic acids is 1.